The van der Waals surface area contributed by atoms with Gasteiger partial charge in [0.15, 0.2) is 16.9 Å². The normalized spacial score (nSPS) is 21.4. The molecule has 0 spiro atoms. The molecule has 2 unspecified atom stereocenters. The minimum atomic E-state index is -1.31. The lowest BCUT2D eigenvalue weighted by Crippen LogP contribution is -2.70. The summed E-state index contributed by atoms with van der Waals surface area (Å²) < 4.78 is 5.00. The Morgan fingerprint density at radius 3 is 2.81 bits per heavy atom. The lowest BCUT2D eigenvalue weighted by atomic mass is 10.0. The maximum absolute atomic E-state index is 12.7. The highest BCUT2D eigenvalue weighted by Gasteiger charge is 2.53. The molecule has 0 radical (unpaired) electrons. The minimum absolute atomic E-state index is 0.0444. The Balaban J connectivity index is 1.70. The highest BCUT2D eigenvalue weighted by molar-refractivity contribution is 8.00. The van der Waals surface area contributed by atoms with Gasteiger partial charge in [-0.05, 0) is 12.5 Å². The predicted octanol–water partition coefficient (Wildman–Crippen LogP) is -0.234. The molecule has 0 saturated carbocycles. The number of carbonyl (C=O) groups is 4. The molecule has 1 aromatic rings. The van der Waals surface area contributed by atoms with Crippen LogP contribution in [-0.2, 0) is 28.8 Å². The van der Waals surface area contributed by atoms with E-state index in [0.29, 0.717) is 5.75 Å². The van der Waals surface area contributed by atoms with Gasteiger partial charge >= 0.3 is 11.9 Å². The number of thiazole rings is 1. The average Bonchev–Trinajstić information content (AvgIpc) is 3.18. The Bertz CT molecular complexity index is 976. The molecule has 4 N–H and O–H groups in total. The van der Waals surface area contributed by atoms with E-state index in [1.807, 2.05) is 0 Å². The largest absolute Gasteiger partial charge is 0.479 e. The number of carbonyl (C=O) groups excluding carboxylic acids is 3. The number of nitrogens with two attached hydrogens (primary N) is 1. The Morgan fingerprint density at radius 2 is 2.23 bits per heavy atom. The molecular formula is C17H19N5O7S2. The van der Waals surface area contributed by atoms with Gasteiger partial charge in [0, 0.05) is 11.1 Å². The first-order valence-electron chi connectivity index (χ1n) is 9.00. The van der Waals surface area contributed by atoms with Crippen molar-refractivity contribution in [3.63, 3.8) is 0 Å². The van der Waals surface area contributed by atoms with Crippen LogP contribution in [0, 0.1) is 0 Å². The summed E-state index contributed by atoms with van der Waals surface area (Å²) in [5.41, 5.74) is 5.60. The van der Waals surface area contributed by atoms with Crippen molar-refractivity contribution in [2.24, 2.45) is 5.16 Å². The fraction of sp³-hybridized carbons (Fsp3) is 0.412. The number of aliphatic carboxylic acids is 1. The van der Waals surface area contributed by atoms with Crippen LogP contribution < -0.4 is 11.1 Å². The molecule has 12 nitrogen and oxygen atoms in total. The molecule has 3 heterocycles. The fourth-order valence-electron chi connectivity index (χ4n) is 2.93. The molecule has 0 bridgehead atoms. The summed E-state index contributed by atoms with van der Waals surface area (Å²) in [6.45, 7) is 1.56. The molecule has 3 rings (SSSR count). The SMILES string of the molecule is CCC(OC(=O)C1=CCS[C@@H]2C(NC(=O)C(=NOC)c3csc(N)n3)C(=O)N12)C(=O)O. The van der Waals surface area contributed by atoms with E-state index in [9.17, 15) is 19.2 Å². The highest BCUT2D eigenvalue weighted by atomic mass is 32.2. The number of nitrogens with one attached hydrogen (secondary N) is 1. The molecule has 1 saturated heterocycles. The van der Waals surface area contributed by atoms with Gasteiger partial charge in [0.25, 0.3) is 11.8 Å². The first-order chi connectivity index (χ1) is 14.8. The number of amides is 2. The molecule has 3 atom stereocenters. The average molecular weight is 470 g/mol. The number of ether oxygens (including phenoxy) is 1. The van der Waals surface area contributed by atoms with Crippen LogP contribution in [0.25, 0.3) is 0 Å². The van der Waals surface area contributed by atoms with Crippen molar-refractivity contribution < 1.29 is 33.9 Å². The second kappa shape index (κ2) is 9.34. The summed E-state index contributed by atoms with van der Waals surface area (Å²) in [5, 5.41) is 16.5. The zero-order chi connectivity index (χ0) is 22.7. The molecule has 1 fully saturated rings. The zero-order valence-electron chi connectivity index (χ0n) is 16.4. The van der Waals surface area contributed by atoms with Gasteiger partial charge in [-0.2, -0.15) is 0 Å². The summed E-state index contributed by atoms with van der Waals surface area (Å²) in [4.78, 5) is 58.8. The topological polar surface area (TPSA) is 174 Å². The number of β-lactam (4-membered cyclic amide) rings is 1. The van der Waals surface area contributed by atoms with E-state index in [1.165, 1.54) is 35.2 Å². The van der Waals surface area contributed by atoms with Gasteiger partial charge in [-0.15, -0.1) is 23.1 Å². The number of carboxylic acids is 1. The smallest absolute Gasteiger partial charge is 0.355 e. The first kappa shape index (κ1) is 22.6. The van der Waals surface area contributed by atoms with Crippen molar-refractivity contribution in [1.29, 1.82) is 0 Å². The van der Waals surface area contributed by atoms with E-state index in [2.05, 4.69) is 15.5 Å². The number of rotatable bonds is 8. The van der Waals surface area contributed by atoms with E-state index >= 15 is 0 Å². The second-order valence-electron chi connectivity index (χ2n) is 6.31. The van der Waals surface area contributed by atoms with Crippen molar-refractivity contribution in [2.45, 2.75) is 30.9 Å². The molecule has 14 heteroatoms. The third-order valence-corrected chi connectivity index (χ3v) is 6.26. The van der Waals surface area contributed by atoms with Crippen LogP contribution in [0.3, 0.4) is 0 Å². The van der Waals surface area contributed by atoms with Gasteiger partial charge in [0.05, 0.1) is 0 Å². The van der Waals surface area contributed by atoms with Crippen molar-refractivity contribution in [1.82, 2.24) is 15.2 Å². The Hall–Kier alpha value is -3.13. The van der Waals surface area contributed by atoms with E-state index in [4.69, 9.17) is 20.4 Å². The van der Waals surface area contributed by atoms with Crippen LogP contribution in [0.1, 0.15) is 19.0 Å². The number of thioether (sulfide) groups is 1. The second-order valence-corrected chi connectivity index (χ2v) is 8.35. The summed E-state index contributed by atoms with van der Waals surface area (Å²) in [5.74, 6) is -3.03. The van der Waals surface area contributed by atoms with E-state index in [-0.39, 0.29) is 28.7 Å². The molecule has 166 valence electrons. The lowest BCUT2D eigenvalue weighted by molar-refractivity contribution is -0.164. The summed E-state index contributed by atoms with van der Waals surface area (Å²) >= 11 is 2.44. The predicted molar refractivity (Wildman–Crippen MR) is 111 cm³/mol. The van der Waals surface area contributed by atoms with Gasteiger partial charge in [-0.3, -0.25) is 14.5 Å². The molecule has 1 aromatic heterocycles. The van der Waals surface area contributed by atoms with Gasteiger partial charge in [-0.25, -0.2) is 14.6 Å². The number of carboxylic acid groups (broad SMARTS) is 1. The van der Waals surface area contributed by atoms with E-state index < -0.39 is 41.3 Å². The maximum Gasteiger partial charge on any atom is 0.355 e. The third-order valence-electron chi connectivity index (χ3n) is 4.40. The van der Waals surface area contributed by atoms with E-state index in [0.717, 1.165) is 11.3 Å². The molecule has 2 amide bonds. The molecular weight excluding hydrogens is 450 g/mol. The van der Waals surface area contributed by atoms with Gasteiger partial charge in [-0.1, -0.05) is 12.1 Å². The molecule has 0 aliphatic carbocycles. The van der Waals surface area contributed by atoms with Crippen LogP contribution in [0.2, 0.25) is 0 Å². The number of nitrogen functional groups attached to an aromatic ring is 1. The van der Waals surface area contributed by atoms with Crippen LogP contribution in [0.4, 0.5) is 5.13 Å². The Kier molecular flexibility index (Phi) is 6.80. The van der Waals surface area contributed by atoms with Crippen molar-refractivity contribution in [2.75, 3.05) is 18.6 Å². The molecule has 2 aliphatic heterocycles. The Labute approximate surface area is 184 Å². The van der Waals surface area contributed by atoms with Crippen molar-refractivity contribution in [3.8, 4) is 0 Å². The summed E-state index contributed by atoms with van der Waals surface area (Å²) in [7, 11) is 1.26. The number of anilines is 1. The monoisotopic (exact) mass is 469 g/mol. The summed E-state index contributed by atoms with van der Waals surface area (Å²) in [6, 6.07) is -0.923. The number of hydrogen-bond acceptors (Lipinski definition) is 11. The van der Waals surface area contributed by atoms with Crippen LogP contribution >= 0.6 is 23.1 Å². The number of oxime groups is 1. The van der Waals surface area contributed by atoms with Crippen molar-refractivity contribution in [3.05, 3.63) is 22.8 Å². The fourth-order valence-corrected chi connectivity index (χ4v) is 4.67. The number of hydrogen-bond donors (Lipinski definition) is 3. The van der Waals surface area contributed by atoms with Crippen LogP contribution in [0.5, 0.6) is 0 Å². The van der Waals surface area contributed by atoms with Gasteiger partial charge < -0.3 is 25.7 Å². The maximum atomic E-state index is 12.7. The number of esters is 1. The highest BCUT2D eigenvalue weighted by Crippen LogP contribution is 2.38. The number of fused-ring (bicyclic) bond motifs is 1. The number of aromatic nitrogens is 1. The zero-order valence-corrected chi connectivity index (χ0v) is 18.1. The quantitative estimate of drug-likeness (QED) is 0.200. The Morgan fingerprint density at radius 1 is 1.48 bits per heavy atom. The van der Waals surface area contributed by atoms with Crippen molar-refractivity contribution >= 4 is 57.7 Å². The molecule has 0 aromatic carbocycles. The van der Waals surface area contributed by atoms with Gasteiger partial charge in [0.1, 0.15) is 29.9 Å². The van der Waals surface area contributed by atoms with E-state index in [1.54, 1.807) is 6.92 Å². The van der Waals surface area contributed by atoms with Crippen LogP contribution in [0.15, 0.2) is 22.3 Å². The van der Waals surface area contributed by atoms with Crippen LogP contribution in [-0.4, -0.2) is 74.8 Å². The molecule has 2 aliphatic rings. The standard InChI is InChI=1S/C17H19N5O7S2/c1-3-9(15(25)26)29-16(27)8-4-5-30-14-11(13(24)22(8)14)20-12(23)10(21-28-2)7-6-31-17(18)19-7/h4,6,9,11,14H,3,5H2,1-2H3,(H2,18,19)(H,20,23)(H,25,26)/t9?,11?,14-/m1/s1. The summed E-state index contributed by atoms with van der Waals surface area (Å²) in [6.07, 6.45) is 0.262. The first-order valence-corrected chi connectivity index (χ1v) is 10.9. The molecule has 31 heavy (non-hydrogen) atoms. The lowest BCUT2D eigenvalue weighted by Gasteiger charge is -2.48. The van der Waals surface area contributed by atoms with Gasteiger partial charge in [0.2, 0.25) is 0 Å². The minimum Gasteiger partial charge on any atom is -0.479 e. The third kappa shape index (κ3) is 4.49. The number of nitrogens with zero attached hydrogens (tertiary/aromatic N) is 3.